The molecular weight excluding hydrogens is 275 g/mol. The number of rotatable bonds is 4. The van der Waals surface area contributed by atoms with E-state index < -0.39 is 5.82 Å². The average Bonchev–Trinajstić information content (AvgIpc) is 3.16. The van der Waals surface area contributed by atoms with Crippen LogP contribution < -0.4 is 4.74 Å². The number of ether oxygens (including phenoxy) is 1. The number of hydrogen-bond acceptors (Lipinski definition) is 4. The van der Waals surface area contributed by atoms with Crippen LogP contribution in [-0.4, -0.2) is 45.5 Å². The zero-order valence-electron chi connectivity index (χ0n) is 11.4. The molecule has 1 aromatic carbocycles. The zero-order chi connectivity index (χ0) is 14.7. The molecular formula is C14H15FN4O2. The van der Waals surface area contributed by atoms with E-state index in [9.17, 15) is 9.18 Å². The van der Waals surface area contributed by atoms with Gasteiger partial charge in [0.2, 0.25) is 0 Å². The lowest BCUT2D eigenvalue weighted by Gasteiger charge is -2.16. The molecule has 110 valence electrons. The van der Waals surface area contributed by atoms with E-state index in [1.807, 2.05) is 0 Å². The van der Waals surface area contributed by atoms with Crippen molar-refractivity contribution in [2.24, 2.45) is 0 Å². The first-order chi connectivity index (χ1) is 10.2. The highest BCUT2D eigenvalue weighted by atomic mass is 19.1. The average molecular weight is 290 g/mol. The second kappa shape index (κ2) is 5.90. The Labute approximate surface area is 121 Å². The maximum Gasteiger partial charge on any atom is 0.260 e. The summed E-state index contributed by atoms with van der Waals surface area (Å²) in [6.07, 6.45) is 4.04. The second-order valence-corrected chi connectivity index (χ2v) is 4.85. The summed E-state index contributed by atoms with van der Waals surface area (Å²) in [6, 6.07) is 6.14. The fraction of sp³-hybridized carbons (Fsp3) is 0.357. The van der Waals surface area contributed by atoms with Gasteiger partial charge in [-0.25, -0.2) is 4.39 Å². The summed E-state index contributed by atoms with van der Waals surface area (Å²) in [5.74, 6) is -0.534. The molecule has 1 aromatic heterocycles. The molecule has 1 aliphatic rings. The Kier molecular flexibility index (Phi) is 3.81. The van der Waals surface area contributed by atoms with Gasteiger partial charge < -0.3 is 9.64 Å². The van der Waals surface area contributed by atoms with Gasteiger partial charge in [-0.15, -0.1) is 0 Å². The molecule has 0 N–H and O–H groups in total. The number of nitrogens with zero attached hydrogens (tertiary/aromatic N) is 4. The van der Waals surface area contributed by atoms with Gasteiger partial charge in [-0.3, -0.25) is 4.79 Å². The van der Waals surface area contributed by atoms with E-state index in [4.69, 9.17) is 4.74 Å². The molecule has 1 aliphatic heterocycles. The molecule has 1 fully saturated rings. The Morgan fingerprint density at radius 2 is 2.10 bits per heavy atom. The molecule has 7 heteroatoms. The molecule has 1 amide bonds. The van der Waals surface area contributed by atoms with Crippen LogP contribution in [0.1, 0.15) is 12.5 Å². The van der Waals surface area contributed by atoms with Crippen LogP contribution in [0.25, 0.3) is 0 Å². The topological polar surface area (TPSA) is 60.2 Å². The van der Waals surface area contributed by atoms with Crippen molar-refractivity contribution in [2.45, 2.75) is 12.5 Å². The van der Waals surface area contributed by atoms with Crippen LogP contribution in [0.3, 0.4) is 0 Å². The van der Waals surface area contributed by atoms with Crippen molar-refractivity contribution in [3.05, 3.63) is 42.5 Å². The summed E-state index contributed by atoms with van der Waals surface area (Å²) in [4.78, 5) is 15.4. The van der Waals surface area contributed by atoms with Crippen LogP contribution >= 0.6 is 0 Å². The minimum atomic E-state index is -0.467. The van der Waals surface area contributed by atoms with Crippen LogP contribution in [0.2, 0.25) is 0 Å². The lowest BCUT2D eigenvalue weighted by atomic mass is 10.3. The molecule has 1 atom stereocenters. The summed E-state index contributed by atoms with van der Waals surface area (Å²) in [5, 5.41) is 8.17. The summed E-state index contributed by atoms with van der Waals surface area (Å²) in [5.41, 5.74) is 0. The molecule has 0 bridgehead atoms. The van der Waals surface area contributed by atoms with E-state index in [1.165, 1.54) is 12.1 Å². The molecule has 3 rings (SSSR count). The number of aromatic nitrogens is 3. The number of benzene rings is 1. The number of carbonyl (C=O) groups excluding carboxylic acids is 1. The van der Waals surface area contributed by atoms with Crippen molar-refractivity contribution in [1.82, 2.24) is 19.9 Å². The van der Waals surface area contributed by atoms with E-state index in [2.05, 4.69) is 10.2 Å². The normalized spacial score (nSPS) is 18.0. The Bertz CT molecular complexity index is 617. The van der Waals surface area contributed by atoms with Crippen molar-refractivity contribution >= 4 is 5.91 Å². The Balaban J connectivity index is 1.54. The molecule has 0 spiro atoms. The zero-order valence-corrected chi connectivity index (χ0v) is 11.4. The summed E-state index contributed by atoms with van der Waals surface area (Å²) < 4.78 is 18.6. The van der Waals surface area contributed by atoms with Crippen molar-refractivity contribution < 1.29 is 13.9 Å². The van der Waals surface area contributed by atoms with Crippen LogP contribution in [0, 0.1) is 5.82 Å². The molecule has 2 aromatic rings. The second-order valence-electron chi connectivity index (χ2n) is 4.85. The number of likely N-dealkylation sites (tertiary alicyclic amines) is 1. The van der Waals surface area contributed by atoms with E-state index in [-0.39, 0.29) is 24.3 Å². The smallest absolute Gasteiger partial charge is 0.260 e. The van der Waals surface area contributed by atoms with Gasteiger partial charge in [0.15, 0.2) is 18.2 Å². The maximum atomic E-state index is 13.4. The van der Waals surface area contributed by atoms with Crippen molar-refractivity contribution in [2.75, 3.05) is 19.7 Å². The maximum absolute atomic E-state index is 13.4. The van der Waals surface area contributed by atoms with Crippen molar-refractivity contribution in [3.8, 4) is 5.75 Å². The predicted molar refractivity (Wildman–Crippen MR) is 72.2 cm³/mol. The third-order valence-corrected chi connectivity index (χ3v) is 3.47. The van der Waals surface area contributed by atoms with Gasteiger partial charge in [-0.05, 0) is 18.6 Å². The van der Waals surface area contributed by atoms with Gasteiger partial charge in [0.1, 0.15) is 0 Å². The molecule has 1 saturated heterocycles. The first kappa shape index (κ1) is 13.5. The number of carbonyl (C=O) groups is 1. The quantitative estimate of drug-likeness (QED) is 0.851. The Hall–Kier alpha value is -2.44. The number of hydrogen-bond donors (Lipinski definition) is 0. The summed E-state index contributed by atoms with van der Waals surface area (Å²) in [7, 11) is 0. The lowest BCUT2D eigenvalue weighted by Crippen LogP contribution is -2.33. The molecule has 21 heavy (non-hydrogen) atoms. The monoisotopic (exact) mass is 290 g/mol. The minimum absolute atomic E-state index is 0.0929. The van der Waals surface area contributed by atoms with Gasteiger partial charge in [0.05, 0.1) is 18.4 Å². The molecule has 6 nitrogen and oxygen atoms in total. The first-order valence-corrected chi connectivity index (χ1v) is 6.75. The fourth-order valence-corrected chi connectivity index (χ4v) is 2.36. The summed E-state index contributed by atoms with van der Waals surface area (Å²) in [6.45, 7) is 1.01. The third-order valence-electron chi connectivity index (χ3n) is 3.47. The van der Waals surface area contributed by atoms with E-state index in [0.717, 1.165) is 6.42 Å². The fourth-order valence-electron chi connectivity index (χ4n) is 2.36. The van der Waals surface area contributed by atoms with Crippen molar-refractivity contribution in [3.63, 3.8) is 0 Å². The van der Waals surface area contributed by atoms with E-state index in [1.54, 1.807) is 34.2 Å². The largest absolute Gasteiger partial charge is 0.481 e. The van der Waals surface area contributed by atoms with Crippen LogP contribution in [0.15, 0.2) is 36.7 Å². The standard InChI is InChI=1S/C14H15FN4O2/c15-12-3-1-2-4-13(12)21-10-14(20)18-8-5-11(9-18)19-16-6-7-17-19/h1-4,6-7,11H,5,8-10H2/t11-/m0/s1. The first-order valence-electron chi connectivity index (χ1n) is 6.75. The number of amides is 1. The summed E-state index contributed by atoms with van der Waals surface area (Å²) >= 11 is 0. The van der Waals surface area contributed by atoms with E-state index >= 15 is 0 Å². The van der Waals surface area contributed by atoms with Gasteiger partial charge in [-0.2, -0.15) is 15.0 Å². The van der Waals surface area contributed by atoms with Crippen molar-refractivity contribution in [1.29, 1.82) is 0 Å². The van der Waals surface area contributed by atoms with Gasteiger partial charge in [-0.1, -0.05) is 12.1 Å². The molecule has 2 heterocycles. The SMILES string of the molecule is O=C(COc1ccccc1F)N1CC[C@H](n2nccn2)C1. The Morgan fingerprint density at radius 3 is 2.86 bits per heavy atom. The highest BCUT2D eigenvalue weighted by Gasteiger charge is 2.28. The highest BCUT2D eigenvalue weighted by molar-refractivity contribution is 5.78. The third kappa shape index (κ3) is 3.01. The Morgan fingerprint density at radius 1 is 1.33 bits per heavy atom. The molecule has 0 saturated carbocycles. The number of para-hydroxylation sites is 1. The molecule has 0 aliphatic carbocycles. The van der Waals surface area contributed by atoms with Crippen LogP contribution in [0.5, 0.6) is 5.75 Å². The molecule has 0 unspecified atom stereocenters. The van der Waals surface area contributed by atoms with Crippen LogP contribution in [-0.2, 0) is 4.79 Å². The minimum Gasteiger partial charge on any atom is -0.481 e. The van der Waals surface area contributed by atoms with Gasteiger partial charge >= 0.3 is 0 Å². The van der Waals surface area contributed by atoms with Gasteiger partial charge in [0, 0.05) is 13.1 Å². The predicted octanol–water partition coefficient (Wildman–Crippen LogP) is 1.27. The lowest BCUT2D eigenvalue weighted by molar-refractivity contribution is -0.132. The highest BCUT2D eigenvalue weighted by Crippen LogP contribution is 2.20. The van der Waals surface area contributed by atoms with Gasteiger partial charge in [0.25, 0.3) is 5.91 Å². The van der Waals surface area contributed by atoms with Crippen LogP contribution in [0.4, 0.5) is 4.39 Å². The number of halogens is 1. The van der Waals surface area contributed by atoms with E-state index in [0.29, 0.717) is 13.1 Å². The molecule has 0 radical (unpaired) electrons.